The van der Waals surface area contributed by atoms with Gasteiger partial charge in [-0.2, -0.15) is 0 Å². The fourth-order valence-electron chi connectivity index (χ4n) is 3.47. The largest absolute Gasteiger partial charge is 0.393 e. The van der Waals surface area contributed by atoms with Crippen LogP contribution in [0.5, 0.6) is 0 Å². The zero-order valence-electron chi connectivity index (χ0n) is 16.0. The summed E-state index contributed by atoms with van der Waals surface area (Å²) in [6.07, 6.45) is 0.375. The third kappa shape index (κ3) is 4.87. The highest BCUT2D eigenvalue weighted by Gasteiger charge is 2.39. The van der Waals surface area contributed by atoms with Crippen LogP contribution >= 0.6 is 11.6 Å². The van der Waals surface area contributed by atoms with Crippen molar-refractivity contribution in [3.05, 3.63) is 58.4 Å². The molecule has 0 aromatic heterocycles. The van der Waals surface area contributed by atoms with Crippen molar-refractivity contribution >= 4 is 33.0 Å². The first-order valence-corrected chi connectivity index (χ1v) is 11.2. The minimum Gasteiger partial charge on any atom is -0.393 e. The van der Waals surface area contributed by atoms with Gasteiger partial charge in [-0.15, -0.1) is 0 Å². The van der Waals surface area contributed by atoms with Gasteiger partial charge in [0.25, 0.3) is 5.91 Å². The van der Waals surface area contributed by atoms with Crippen molar-refractivity contribution in [1.82, 2.24) is 0 Å². The van der Waals surface area contributed by atoms with Gasteiger partial charge in [-0.3, -0.25) is 4.79 Å². The lowest BCUT2D eigenvalue weighted by atomic mass is 9.85. The Hall–Kier alpha value is -2.14. The number of nitrogens with one attached hydrogen (secondary N) is 1. The lowest BCUT2D eigenvalue weighted by molar-refractivity contribution is -0.0413. The van der Waals surface area contributed by atoms with E-state index < -0.39 is 50.7 Å². The Morgan fingerprint density at radius 3 is 2.26 bits per heavy atom. The summed E-state index contributed by atoms with van der Waals surface area (Å²) in [7, 11) is -3.97. The van der Waals surface area contributed by atoms with Gasteiger partial charge >= 0.3 is 0 Å². The summed E-state index contributed by atoms with van der Waals surface area (Å²) in [5.41, 5.74) is -1.82. The first-order valence-electron chi connectivity index (χ1n) is 9.29. The monoisotopic (exact) mass is 477 g/mol. The molecule has 0 spiro atoms. The number of hydrogen-bond donors (Lipinski definition) is 3. The number of carbonyl (C=O) groups is 1. The van der Waals surface area contributed by atoms with E-state index in [9.17, 15) is 36.6 Å². The molecule has 0 bridgehead atoms. The molecule has 3 N–H and O–H groups in total. The normalized spacial score (nSPS) is 21.7. The molecule has 2 aromatic rings. The van der Waals surface area contributed by atoms with E-state index >= 15 is 0 Å². The predicted molar refractivity (Wildman–Crippen MR) is 107 cm³/mol. The van der Waals surface area contributed by atoms with Crippen molar-refractivity contribution in [1.29, 1.82) is 0 Å². The predicted octanol–water partition coefficient (Wildman–Crippen LogP) is 3.45. The molecular weight excluding hydrogens is 459 g/mol. The van der Waals surface area contributed by atoms with E-state index in [1.807, 2.05) is 0 Å². The molecule has 1 fully saturated rings. The molecule has 1 aliphatic carbocycles. The Kier molecular flexibility index (Phi) is 6.66. The van der Waals surface area contributed by atoms with Crippen LogP contribution in [0, 0.1) is 17.5 Å². The van der Waals surface area contributed by atoms with Crippen LogP contribution in [0.3, 0.4) is 0 Å². The Morgan fingerprint density at radius 2 is 1.71 bits per heavy atom. The Bertz CT molecular complexity index is 1090. The van der Waals surface area contributed by atoms with Gasteiger partial charge in [0, 0.05) is 23.4 Å². The number of rotatable bonds is 5. The van der Waals surface area contributed by atoms with Crippen LogP contribution in [0.1, 0.15) is 36.0 Å². The van der Waals surface area contributed by atoms with E-state index in [0.29, 0.717) is 12.1 Å². The summed E-state index contributed by atoms with van der Waals surface area (Å²) in [4.78, 5) is 12.2. The van der Waals surface area contributed by atoms with Gasteiger partial charge in [0.2, 0.25) is 0 Å². The average Bonchev–Trinajstić information content (AvgIpc) is 2.72. The lowest BCUT2D eigenvalue weighted by Crippen LogP contribution is -2.41. The van der Waals surface area contributed by atoms with E-state index in [1.165, 1.54) is 12.1 Å². The van der Waals surface area contributed by atoms with Crippen molar-refractivity contribution in [2.45, 2.75) is 41.4 Å². The topological polar surface area (TPSA) is 104 Å². The number of aliphatic hydroxyl groups is 2. The smallest absolute Gasteiger partial charge is 0.255 e. The molecule has 0 aliphatic heterocycles. The van der Waals surface area contributed by atoms with Crippen LogP contribution in [0.4, 0.5) is 18.9 Å². The highest BCUT2D eigenvalue weighted by molar-refractivity contribution is 7.92. The minimum atomic E-state index is -3.97. The molecule has 0 unspecified atom stereocenters. The zero-order chi connectivity index (χ0) is 23.0. The maximum atomic E-state index is 13.4. The molecule has 168 valence electrons. The summed E-state index contributed by atoms with van der Waals surface area (Å²) in [6.45, 7) is -0.471. The molecule has 1 saturated carbocycles. The van der Waals surface area contributed by atoms with Crippen molar-refractivity contribution in [2.75, 3.05) is 11.9 Å². The van der Waals surface area contributed by atoms with E-state index in [4.69, 9.17) is 11.6 Å². The van der Waals surface area contributed by atoms with Gasteiger partial charge in [0.15, 0.2) is 27.3 Å². The van der Waals surface area contributed by atoms with Crippen LogP contribution < -0.4 is 5.32 Å². The van der Waals surface area contributed by atoms with Crippen LogP contribution in [-0.4, -0.2) is 42.0 Å². The van der Waals surface area contributed by atoms with Gasteiger partial charge in [-0.25, -0.2) is 21.6 Å². The summed E-state index contributed by atoms with van der Waals surface area (Å²) < 4.78 is 65.9. The summed E-state index contributed by atoms with van der Waals surface area (Å²) in [5.74, 6) is -5.54. The molecule has 3 rings (SSSR count). The second kappa shape index (κ2) is 8.78. The maximum absolute atomic E-state index is 13.4. The number of benzene rings is 2. The minimum absolute atomic E-state index is 0.0902. The van der Waals surface area contributed by atoms with Crippen LogP contribution in [0.25, 0.3) is 0 Å². The highest BCUT2D eigenvalue weighted by atomic mass is 35.5. The molecule has 11 heteroatoms. The number of aliphatic hydroxyl groups excluding tert-OH is 1. The fourth-order valence-corrected chi connectivity index (χ4v) is 5.76. The van der Waals surface area contributed by atoms with E-state index in [1.54, 1.807) is 0 Å². The third-order valence-corrected chi connectivity index (χ3v) is 8.08. The standard InChI is InChI=1S/C20H19ClF3NO5S/c21-14-2-1-11(19(27)25-12-8-15(22)18(24)16(23)9-12)7-17(14)31(29,30)13-3-5-20(28,10-26)6-4-13/h1-2,7-9,13,26,28H,3-6,10H2,(H,25,27)/t13-,20-. The molecule has 1 amide bonds. The molecule has 6 nitrogen and oxygen atoms in total. The van der Waals surface area contributed by atoms with E-state index in [-0.39, 0.29) is 46.9 Å². The first kappa shape index (κ1) is 23.5. The van der Waals surface area contributed by atoms with Gasteiger partial charge in [0.05, 0.1) is 27.4 Å². The number of anilines is 1. The third-order valence-electron chi connectivity index (χ3n) is 5.34. The summed E-state index contributed by atoms with van der Waals surface area (Å²) in [6, 6.07) is 4.68. The Morgan fingerprint density at radius 1 is 1.13 bits per heavy atom. The average molecular weight is 478 g/mol. The quantitative estimate of drug-likeness (QED) is 0.572. The highest BCUT2D eigenvalue weighted by Crippen LogP contribution is 2.36. The molecule has 31 heavy (non-hydrogen) atoms. The van der Waals surface area contributed by atoms with Crippen molar-refractivity contribution in [3.63, 3.8) is 0 Å². The summed E-state index contributed by atoms with van der Waals surface area (Å²) in [5, 5.41) is 20.5. The van der Waals surface area contributed by atoms with E-state index in [2.05, 4.69) is 5.32 Å². The number of sulfone groups is 1. The lowest BCUT2D eigenvalue weighted by Gasteiger charge is -2.34. The number of carbonyl (C=O) groups excluding carboxylic acids is 1. The van der Waals surface area contributed by atoms with Gasteiger partial charge < -0.3 is 15.5 Å². The number of amides is 1. The molecule has 0 atom stereocenters. The van der Waals surface area contributed by atoms with Gasteiger partial charge in [-0.1, -0.05) is 11.6 Å². The van der Waals surface area contributed by atoms with Gasteiger partial charge in [0.1, 0.15) is 0 Å². The number of hydrogen-bond acceptors (Lipinski definition) is 5. The number of halogens is 4. The molecule has 0 saturated heterocycles. The first-order chi connectivity index (χ1) is 14.5. The van der Waals surface area contributed by atoms with Crippen molar-refractivity contribution in [2.24, 2.45) is 0 Å². The Labute approximate surface area is 181 Å². The second-order valence-electron chi connectivity index (χ2n) is 7.48. The second-order valence-corrected chi connectivity index (χ2v) is 10.1. The molecule has 0 radical (unpaired) electrons. The molecule has 0 heterocycles. The molecule has 2 aromatic carbocycles. The maximum Gasteiger partial charge on any atom is 0.255 e. The fraction of sp³-hybridized carbons (Fsp3) is 0.350. The molecule has 1 aliphatic rings. The van der Waals surface area contributed by atoms with Crippen molar-refractivity contribution < 1.29 is 36.6 Å². The zero-order valence-corrected chi connectivity index (χ0v) is 17.6. The van der Waals surface area contributed by atoms with Crippen LogP contribution in [-0.2, 0) is 9.84 Å². The van der Waals surface area contributed by atoms with Gasteiger partial charge in [-0.05, 0) is 43.9 Å². The van der Waals surface area contributed by atoms with Crippen LogP contribution in [0.15, 0.2) is 35.2 Å². The Balaban J connectivity index is 1.85. The SMILES string of the molecule is O=C(Nc1cc(F)c(F)c(F)c1)c1ccc(Cl)c(S(=O)(=O)[C@H]2CC[C@@](O)(CO)CC2)c1. The summed E-state index contributed by atoms with van der Waals surface area (Å²) >= 11 is 6.07. The van der Waals surface area contributed by atoms with Crippen LogP contribution in [0.2, 0.25) is 5.02 Å². The molecular formula is C20H19ClF3NO5S. The van der Waals surface area contributed by atoms with E-state index in [0.717, 1.165) is 6.07 Å². The van der Waals surface area contributed by atoms with Crippen molar-refractivity contribution in [3.8, 4) is 0 Å².